The maximum absolute atomic E-state index is 12.9. The van der Waals surface area contributed by atoms with Crippen molar-refractivity contribution in [1.29, 1.82) is 0 Å². The second-order valence-electron chi connectivity index (χ2n) is 5.39. The van der Waals surface area contributed by atoms with Crippen LogP contribution in [-0.2, 0) is 20.7 Å². The van der Waals surface area contributed by atoms with E-state index in [1.165, 1.54) is 13.8 Å². The molecule has 24 heavy (non-hydrogen) atoms. The number of rotatable bonds is 4. The van der Waals surface area contributed by atoms with E-state index in [1.54, 1.807) is 17.0 Å². The number of ether oxygens (including phenoxy) is 1. The molecule has 0 spiro atoms. The molecule has 7 heteroatoms. The number of allylic oxidation sites excluding steroid dienone is 1. The van der Waals surface area contributed by atoms with Gasteiger partial charge in [0.25, 0.3) is 5.78 Å². The van der Waals surface area contributed by atoms with E-state index in [9.17, 15) is 22.8 Å². The van der Waals surface area contributed by atoms with Crippen LogP contribution in [0.3, 0.4) is 0 Å². The van der Waals surface area contributed by atoms with Crippen molar-refractivity contribution in [2.24, 2.45) is 0 Å². The number of Topliss-reactive ketones (excluding diaryl/α,β-unsaturated/α-hetero) is 1. The number of alkyl halides is 3. The molecule has 0 radical (unpaired) electrons. The molecule has 0 saturated heterocycles. The molecule has 1 heterocycles. The number of esters is 1. The standard InChI is InChI=1S/C17H18F3NO3/c1-3-24-16(23)14(15(22)17(18,19)20)11(2)21-10-6-8-12-7-4-5-9-13(12)21/h4-5,7,9H,3,6,8,10H2,1-2H3/b14-11+. The summed E-state index contributed by atoms with van der Waals surface area (Å²) in [7, 11) is 0. The van der Waals surface area contributed by atoms with Crippen LogP contribution >= 0.6 is 0 Å². The Kier molecular flexibility index (Phi) is 5.31. The van der Waals surface area contributed by atoms with Gasteiger partial charge in [-0.15, -0.1) is 0 Å². The first kappa shape index (κ1) is 18.0. The molecule has 0 fully saturated rings. The highest BCUT2D eigenvalue weighted by molar-refractivity contribution is 6.20. The monoisotopic (exact) mass is 341 g/mol. The van der Waals surface area contributed by atoms with E-state index in [0.29, 0.717) is 18.7 Å². The van der Waals surface area contributed by atoms with Gasteiger partial charge in [-0.25, -0.2) is 4.79 Å². The van der Waals surface area contributed by atoms with Crippen LogP contribution < -0.4 is 4.90 Å². The molecule has 4 nitrogen and oxygen atoms in total. The van der Waals surface area contributed by atoms with E-state index in [2.05, 4.69) is 4.74 Å². The molecule has 0 aromatic heterocycles. The summed E-state index contributed by atoms with van der Waals surface area (Å²) in [5.74, 6) is -3.43. The largest absolute Gasteiger partial charge is 0.462 e. The highest BCUT2D eigenvalue weighted by atomic mass is 19.4. The van der Waals surface area contributed by atoms with Gasteiger partial charge in [0.15, 0.2) is 0 Å². The van der Waals surface area contributed by atoms with Gasteiger partial charge in [0.05, 0.1) is 6.61 Å². The van der Waals surface area contributed by atoms with Gasteiger partial charge in [-0.1, -0.05) is 18.2 Å². The number of hydrogen-bond donors (Lipinski definition) is 0. The van der Waals surface area contributed by atoms with Crippen molar-refractivity contribution in [3.63, 3.8) is 0 Å². The van der Waals surface area contributed by atoms with E-state index in [1.807, 2.05) is 12.1 Å². The molecule has 0 N–H and O–H groups in total. The lowest BCUT2D eigenvalue weighted by molar-refractivity contribution is -0.168. The Hall–Kier alpha value is -2.31. The minimum atomic E-state index is -5.14. The molecular formula is C17H18F3NO3. The quantitative estimate of drug-likeness (QED) is 0.364. The summed E-state index contributed by atoms with van der Waals surface area (Å²) in [6.07, 6.45) is -3.63. The highest BCUT2D eigenvalue weighted by Crippen LogP contribution is 2.32. The van der Waals surface area contributed by atoms with Gasteiger partial charge < -0.3 is 9.64 Å². The second kappa shape index (κ2) is 7.07. The number of carbonyl (C=O) groups is 2. The predicted molar refractivity (Wildman–Crippen MR) is 82.5 cm³/mol. The maximum atomic E-state index is 12.9. The number of anilines is 1. The molecule has 0 amide bonds. The minimum Gasteiger partial charge on any atom is -0.462 e. The number of nitrogens with zero attached hydrogens (tertiary/aromatic N) is 1. The lowest BCUT2D eigenvalue weighted by Crippen LogP contribution is -2.35. The molecule has 1 aliphatic heterocycles. The molecule has 1 aliphatic rings. The molecule has 130 valence electrons. The zero-order valence-corrected chi connectivity index (χ0v) is 13.4. The summed E-state index contributed by atoms with van der Waals surface area (Å²) in [4.78, 5) is 25.3. The van der Waals surface area contributed by atoms with Crippen molar-refractivity contribution in [2.75, 3.05) is 18.1 Å². The summed E-state index contributed by atoms with van der Waals surface area (Å²) in [6.45, 7) is 3.13. The summed E-state index contributed by atoms with van der Waals surface area (Å²) >= 11 is 0. The normalized spacial score (nSPS) is 15.5. The third kappa shape index (κ3) is 3.60. The Morgan fingerprint density at radius 3 is 2.54 bits per heavy atom. The van der Waals surface area contributed by atoms with Gasteiger partial charge in [0.2, 0.25) is 0 Å². The first-order chi connectivity index (χ1) is 11.3. The lowest BCUT2D eigenvalue weighted by atomic mass is 9.99. The first-order valence-corrected chi connectivity index (χ1v) is 7.62. The minimum absolute atomic E-state index is 0.0390. The summed E-state index contributed by atoms with van der Waals surface area (Å²) in [5.41, 5.74) is 0.674. The fourth-order valence-corrected chi connectivity index (χ4v) is 2.77. The zero-order valence-electron chi connectivity index (χ0n) is 13.4. The molecule has 1 aromatic rings. The Labute approximate surface area is 137 Å². The van der Waals surface area contributed by atoms with Crippen LogP contribution in [0.1, 0.15) is 25.8 Å². The van der Waals surface area contributed by atoms with Crippen LogP contribution in [0.4, 0.5) is 18.9 Å². The Balaban J connectivity index is 2.54. The number of hydrogen-bond acceptors (Lipinski definition) is 4. The topological polar surface area (TPSA) is 46.6 Å². The van der Waals surface area contributed by atoms with E-state index in [0.717, 1.165) is 12.0 Å². The van der Waals surface area contributed by atoms with Gasteiger partial charge in [-0.05, 0) is 38.3 Å². The maximum Gasteiger partial charge on any atom is 0.455 e. The van der Waals surface area contributed by atoms with Crippen molar-refractivity contribution in [3.05, 3.63) is 41.1 Å². The number of fused-ring (bicyclic) bond motifs is 1. The molecule has 0 atom stereocenters. The third-order valence-electron chi connectivity index (χ3n) is 3.84. The number of carbonyl (C=O) groups excluding carboxylic acids is 2. The molecule has 0 aliphatic carbocycles. The number of para-hydroxylation sites is 1. The number of aryl methyl sites for hydroxylation is 1. The van der Waals surface area contributed by atoms with Crippen molar-refractivity contribution in [3.8, 4) is 0 Å². The second-order valence-corrected chi connectivity index (χ2v) is 5.39. The highest BCUT2D eigenvalue weighted by Gasteiger charge is 2.45. The van der Waals surface area contributed by atoms with Crippen molar-refractivity contribution < 1.29 is 27.5 Å². The smallest absolute Gasteiger partial charge is 0.455 e. The zero-order chi connectivity index (χ0) is 17.9. The van der Waals surface area contributed by atoms with Gasteiger partial charge in [-0.2, -0.15) is 13.2 Å². The summed E-state index contributed by atoms with van der Waals surface area (Å²) < 4.78 is 43.4. The summed E-state index contributed by atoms with van der Waals surface area (Å²) in [6, 6.07) is 7.25. The van der Waals surface area contributed by atoms with E-state index >= 15 is 0 Å². The molecule has 0 unspecified atom stereocenters. The average molecular weight is 341 g/mol. The van der Waals surface area contributed by atoms with Gasteiger partial charge >= 0.3 is 12.1 Å². The molecule has 0 bridgehead atoms. The van der Waals surface area contributed by atoms with Crippen molar-refractivity contribution in [1.82, 2.24) is 0 Å². The number of ketones is 1. The summed E-state index contributed by atoms with van der Waals surface area (Å²) in [5, 5.41) is 0. The Bertz CT molecular complexity index is 680. The van der Waals surface area contributed by atoms with E-state index in [4.69, 9.17) is 0 Å². The first-order valence-electron chi connectivity index (χ1n) is 7.62. The van der Waals surface area contributed by atoms with Crippen LogP contribution in [-0.4, -0.2) is 31.1 Å². The molecule has 0 saturated carbocycles. The molecular weight excluding hydrogens is 323 g/mol. The van der Waals surface area contributed by atoms with Gasteiger partial charge in [0, 0.05) is 17.9 Å². The van der Waals surface area contributed by atoms with Crippen LogP contribution in [0.15, 0.2) is 35.5 Å². The van der Waals surface area contributed by atoms with Crippen LogP contribution in [0.2, 0.25) is 0 Å². The fourth-order valence-electron chi connectivity index (χ4n) is 2.77. The Morgan fingerprint density at radius 1 is 1.25 bits per heavy atom. The fraction of sp³-hybridized carbons (Fsp3) is 0.412. The van der Waals surface area contributed by atoms with Crippen molar-refractivity contribution >= 4 is 17.4 Å². The van der Waals surface area contributed by atoms with Crippen LogP contribution in [0.25, 0.3) is 0 Å². The predicted octanol–water partition coefficient (Wildman–Crippen LogP) is 3.41. The number of benzene rings is 1. The number of halogens is 3. The van der Waals surface area contributed by atoms with E-state index < -0.39 is 23.5 Å². The average Bonchev–Trinajstić information content (AvgIpc) is 2.53. The van der Waals surface area contributed by atoms with E-state index in [-0.39, 0.29) is 12.3 Å². The Morgan fingerprint density at radius 2 is 1.92 bits per heavy atom. The van der Waals surface area contributed by atoms with Gasteiger partial charge in [-0.3, -0.25) is 4.79 Å². The van der Waals surface area contributed by atoms with Crippen LogP contribution in [0, 0.1) is 0 Å². The van der Waals surface area contributed by atoms with Crippen LogP contribution in [0.5, 0.6) is 0 Å². The molecule has 2 rings (SSSR count). The third-order valence-corrected chi connectivity index (χ3v) is 3.84. The van der Waals surface area contributed by atoms with Gasteiger partial charge in [0.1, 0.15) is 5.57 Å². The SMILES string of the molecule is CCOC(=O)/C(C(=O)C(F)(F)F)=C(\C)N1CCCc2ccccc21. The molecule has 1 aromatic carbocycles. The lowest BCUT2D eigenvalue weighted by Gasteiger charge is -2.32. The van der Waals surface area contributed by atoms with Crippen molar-refractivity contribution in [2.45, 2.75) is 32.9 Å².